The highest BCUT2D eigenvalue weighted by Gasteiger charge is 2.21. The van der Waals surface area contributed by atoms with Crippen molar-refractivity contribution in [3.8, 4) is 0 Å². The summed E-state index contributed by atoms with van der Waals surface area (Å²) in [5.74, 6) is -2.46. The van der Waals surface area contributed by atoms with Crippen molar-refractivity contribution in [3.63, 3.8) is 0 Å². The summed E-state index contributed by atoms with van der Waals surface area (Å²) in [4.78, 5) is 34.9. The number of carbonyl (C=O) groups excluding carboxylic acids is 3. The number of benzene rings is 1. The van der Waals surface area contributed by atoms with Gasteiger partial charge in [-0.1, -0.05) is 31.4 Å². The lowest BCUT2D eigenvalue weighted by Gasteiger charge is -2.07. The SMILES string of the molecule is C=CCOC(=O)c1ccccc1C(=O)OC(=O)C(=C)C. The summed E-state index contributed by atoms with van der Waals surface area (Å²) in [5.41, 5.74) is 0.0649. The van der Waals surface area contributed by atoms with E-state index in [0.717, 1.165) is 0 Å². The lowest BCUT2D eigenvalue weighted by atomic mass is 10.1. The molecule has 0 bridgehead atoms. The first-order valence-electron chi connectivity index (χ1n) is 5.76. The first-order chi connectivity index (χ1) is 9.47. The Morgan fingerprint density at radius 2 is 1.70 bits per heavy atom. The van der Waals surface area contributed by atoms with Gasteiger partial charge in [0.15, 0.2) is 0 Å². The van der Waals surface area contributed by atoms with Gasteiger partial charge in [-0.2, -0.15) is 0 Å². The topological polar surface area (TPSA) is 69.7 Å². The molecule has 0 amide bonds. The summed E-state index contributed by atoms with van der Waals surface area (Å²) in [6.45, 7) is 8.23. The van der Waals surface area contributed by atoms with Crippen molar-refractivity contribution in [3.05, 3.63) is 60.2 Å². The molecule has 0 aliphatic rings. The molecule has 0 aliphatic heterocycles. The number of esters is 3. The average Bonchev–Trinajstić information content (AvgIpc) is 2.44. The highest BCUT2D eigenvalue weighted by Crippen LogP contribution is 2.12. The molecule has 0 aromatic heterocycles. The quantitative estimate of drug-likeness (QED) is 0.356. The normalized spacial score (nSPS) is 9.45. The van der Waals surface area contributed by atoms with Crippen LogP contribution >= 0.6 is 0 Å². The molecule has 0 heterocycles. The van der Waals surface area contributed by atoms with Gasteiger partial charge >= 0.3 is 17.9 Å². The lowest BCUT2D eigenvalue weighted by Crippen LogP contribution is -2.17. The van der Waals surface area contributed by atoms with Crippen LogP contribution < -0.4 is 0 Å². The minimum Gasteiger partial charge on any atom is -0.458 e. The predicted octanol–water partition coefficient (Wildman–Crippen LogP) is 2.29. The van der Waals surface area contributed by atoms with Gasteiger partial charge < -0.3 is 9.47 Å². The zero-order valence-electron chi connectivity index (χ0n) is 11.0. The summed E-state index contributed by atoms with van der Waals surface area (Å²) in [5, 5.41) is 0. The fourth-order valence-corrected chi connectivity index (χ4v) is 1.28. The molecule has 104 valence electrons. The zero-order valence-corrected chi connectivity index (χ0v) is 11.0. The van der Waals surface area contributed by atoms with Gasteiger partial charge in [0.1, 0.15) is 6.61 Å². The van der Waals surface area contributed by atoms with Crippen LogP contribution in [0.4, 0.5) is 0 Å². The smallest absolute Gasteiger partial charge is 0.346 e. The summed E-state index contributed by atoms with van der Waals surface area (Å²) < 4.78 is 9.44. The van der Waals surface area contributed by atoms with Crippen LogP contribution in [0, 0.1) is 0 Å². The van der Waals surface area contributed by atoms with Crippen molar-refractivity contribution < 1.29 is 23.9 Å². The molecule has 5 nitrogen and oxygen atoms in total. The van der Waals surface area contributed by atoms with Crippen molar-refractivity contribution in [1.82, 2.24) is 0 Å². The Hall–Kier alpha value is -2.69. The molecular formula is C15H14O5. The van der Waals surface area contributed by atoms with Crippen molar-refractivity contribution in [1.29, 1.82) is 0 Å². The number of rotatable bonds is 5. The number of hydrogen-bond donors (Lipinski definition) is 0. The lowest BCUT2D eigenvalue weighted by molar-refractivity contribution is -0.133. The van der Waals surface area contributed by atoms with E-state index < -0.39 is 17.9 Å². The first-order valence-corrected chi connectivity index (χ1v) is 5.76. The molecule has 0 fully saturated rings. The van der Waals surface area contributed by atoms with Crippen LogP contribution in [0.25, 0.3) is 0 Å². The van der Waals surface area contributed by atoms with E-state index in [9.17, 15) is 14.4 Å². The van der Waals surface area contributed by atoms with E-state index in [0.29, 0.717) is 0 Å². The highest BCUT2D eigenvalue weighted by atomic mass is 16.6. The maximum atomic E-state index is 11.8. The fraction of sp³-hybridized carbons (Fsp3) is 0.133. The number of carbonyl (C=O) groups is 3. The average molecular weight is 274 g/mol. The molecule has 1 aromatic rings. The molecule has 20 heavy (non-hydrogen) atoms. The van der Waals surface area contributed by atoms with Crippen LogP contribution in [0.1, 0.15) is 27.6 Å². The maximum Gasteiger partial charge on any atom is 0.346 e. The monoisotopic (exact) mass is 274 g/mol. The third-order valence-electron chi connectivity index (χ3n) is 2.23. The Morgan fingerprint density at radius 1 is 1.15 bits per heavy atom. The molecule has 1 aromatic carbocycles. The molecule has 0 unspecified atom stereocenters. The third-order valence-corrected chi connectivity index (χ3v) is 2.23. The van der Waals surface area contributed by atoms with E-state index in [-0.39, 0.29) is 23.3 Å². The number of ether oxygens (including phenoxy) is 2. The van der Waals surface area contributed by atoms with Crippen LogP contribution in [-0.2, 0) is 14.3 Å². The molecule has 1 rings (SSSR count). The van der Waals surface area contributed by atoms with Crippen LogP contribution in [-0.4, -0.2) is 24.5 Å². The van der Waals surface area contributed by atoms with Crippen LogP contribution in [0.2, 0.25) is 0 Å². The summed E-state index contributed by atoms with van der Waals surface area (Å²) in [7, 11) is 0. The Morgan fingerprint density at radius 3 is 2.20 bits per heavy atom. The standard InChI is InChI=1S/C15H14O5/c1-4-9-19-14(17)11-7-5-6-8-12(11)15(18)20-13(16)10(2)3/h4-8H,1-2,9H2,3H3. The van der Waals surface area contributed by atoms with Crippen LogP contribution in [0.15, 0.2) is 49.1 Å². The van der Waals surface area contributed by atoms with Gasteiger partial charge in [-0.15, -0.1) is 0 Å². The fourth-order valence-electron chi connectivity index (χ4n) is 1.28. The molecule has 0 N–H and O–H groups in total. The Kier molecular flexibility index (Phi) is 5.41. The van der Waals surface area contributed by atoms with E-state index in [1.54, 1.807) is 12.1 Å². The number of hydrogen-bond acceptors (Lipinski definition) is 5. The van der Waals surface area contributed by atoms with Gasteiger partial charge in [-0.05, 0) is 19.1 Å². The second kappa shape index (κ2) is 7.04. The van der Waals surface area contributed by atoms with Gasteiger partial charge in [-0.3, -0.25) is 0 Å². The van der Waals surface area contributed by atoms with E-state index in [4.69, 9.17) is 4.74 Å². The van der Waals surface area contributed by atoms with E-state index in [1.165, 1.54) is 25.1 Å². The zero-order chi connectivity index (χ0) is 15.1. The summed E-state index contributed by atoms with van der Waals surface area (Å²) in [6.07, 6.45) is 1.41. The van der Waals surface area contributed by atoms with E-state index in [1.807, 2.05) is 0 Å². The van der Waals surface area contributed by atoms with Gasteiger partial charge in [0.2, 0.25) is 0 Å². The van der Waals surface area contributed by atoms with Gasteiger partial charge in [0.05, 0.1) is 11.1 Å². The summed E-state index contributed by atoms with van der Waals surface area (Å²) >= 11 is 0. The molecule has 0 aliphatic carbocycles. The van der Waals surface area contributed by atoms with E-state index >= 15 is 0 Å². The molecule has 0 radical (unpaired) electrons. The minimum atomic E-state index is -0.927. The molecular weight excluding hydrogens is 260 g/mol. The Labute approximate surface area is 116 Å². The van der Waals surface area contributed by atoms with Gasteiger partial charge in [0.25, 0.3) is 0 Å². The van der Waals surface area contributed by atoms with Crippen molar-refractivity contribution in [2.45, 2.75) is 6.92 Å². The van der Waals surface area contributed by atoms with E-state index in [2.05, 4.69) is 17.9 Å². The maximum absolute atomic E-state index is 11.8. The Balaban J connectivity index is 2.97. The molecule has 0 saturated heterocycles. The summed E-state index contributed by atoms with van der Waals surface area (Å²) in [6, 6.07) is 5.90. The highest BCUT2D eigenvalue weighted by molar-refractivity contribution is 6.07. The van der Waals surface area contributed by atoms with Crippen LogP contribution in [0.5, 0.6) is 0 Å². The molecule has 0 atom stereocenters. The van der Waals surface area contributed by atoms with Crippen molar-refractivity contribution in [2.75, 3.05) is 6.61 Å². The van der Waals surface area contributed by atoms with Crippen molar-refractivity contribution >= 4 is 17.9 Å². The predicted molar refractivity (Wildman–Crippen MR) is 72.2 cm³/mol. The van der Waals surface area contributed by atoms with Gasteiger partial charge in [-0.25, -0.2) is 14.4 Å². The van der Waals surface area contributed by atoms with Gasteiger partial charge in [0, 0.05) is 5.57 Å². The molecule has 0 saturated carbocycles. The second-order valence-electron chi connectivity index (χ2n) is 3.89. The molecule has 5 heteroatoms. The Bertz CT molecular complexity index is 571. The minimum absolute atomic E-state index is 0.0207. The first kappa shape index (κ1) is 15.4. The second-order valence-corrected chi connectivity index (χ2v) is 3.89. The van der Waals surface area contributed by atoms with Crippen molar-refractivity contribution in [2.24, 2.45) is 0 Å². The largest absolute Gasteiger partial charge is 0.458 e. The third kappa shape index (κ3) is 3.91. The van der Waals surface area contributed by atoms with Crippen LogP contribution in [0.3, 0.4) is 0 Å². The molecule has 0 spiro atoms.